The number of aromatic nitrogens is 2. The van der Waals surface area contributed by atoms with Crippen LogP contribution in [0.15, 0.2) is 10.8 Å². The molecule has 4 N–H and O–H groups in total. The fraction of sp³-hybridized carbons (Fsp3) is 0.429. The second-order valence-corrected chi connectivity index (χ2v) is 3.62. The van der Waals surface area contributed by atoms with Crippen LogP contribution in [0.4, 0.5) is 11.6 Å². The van der Waals surface area contributed by atoms with Crippen LogP contribution in [0.3, 0.4) is 0 Å². The van der Waals surface area contributed by atoms with Gasteiger partial charge in [0.1, 0.15) is 16.6 Å². The molecule has 0 aliphatic rings. The molecular formula is C7H12BrN5. The van der Waals surface area contributed by atoms with E-state index in [-0.39, 0.29) is 0 Å². The molecule has 0 atom stereocenters. The maximum absolute atomic E-state index is 5.25. The molecule has 0 amide bonds. The lowest BCUT2D eigenvalue weighted by Crippen LogP contribution is -2.14. The van der Waals surface area contributed by atoms with E-state index in [2.05, 4.69) is 36.6 Å². The van der Waals surface area contributed by atoms with Crippen molar-refractivity contribution in [1.29, 1.82) is 0 Å². The number of hydrazine groups is 1. The largest absolute Gasteiger partial charge is 0.367 e. The summed E-state index contributed by atoms with van der Waals surface area (Å²) in [6, 6.07) is 0.317. The minimum atomic E-state index is 0.317. The van der Waals surface area contributed by atoms with E-state index in [1.165, 1.54) is 6.33 Å². The highest BCUT2D eigenvalue weighted by Gasteiger charge is 2.07. The molecule has 0 aliphatic heterocycles. The molecule has 0 fully saturated rings. The van der Waals surface area contributed by atoms with E-state index in [0.717, 1.165) is 10.3 Å². The maximum atomic E-state index is 5.25. The molecule has 72 valence electrons. The van der Waals surface area contributed by atoms with Gasteiger partial charge in [-0.05, 0) is 29.8 Å². The average Bonchev–Trinajstić information content (AvgIpc) is 2.08. The average molecular weight is 246 g/mol. The SMILES string of the molecule is CC(C)Nc1ncnc(NN)c1Br. The van der Waals surface area contributed by atoms with Gasteiger partial charge in [0.2, 0.25) is 0 Å². The van der Waals surface area contributed by atoms with Crippen molar-refractivity contribution in [3.63, 3.8) is 0 Å². The van der Waals surface area contributed by atoms with Crippen molar-refractivity contribution < 1.29 is 0 Å². The van der Waals surface area contributed by atoms with Crippen LogP contribution in [-0.4, -0.2) is 16.0 Å². The Morgan fingerprint density at radius 2 is 2.00 bits per heavy atom. The van der Waals surface area contributed by atoms with Gasteiger partial charge >= 0.3 is 0 Å². The highest BCUT2D eigenvalue weighted by molar-refractivity contribution is 9.10. The zero-order valence-corrected chi connectivity index (χ0v) is 9.09. The molecule has 1 heterocycles. The van der Waals surface area contributed by atoms with Gasteiger partial charge in [-0.1, -0.05) is 0 Å². The summed E-state index contributed by atoms with van der Waals surface area (Å²) >= 11 is 3.34. The summed E-state index contributed by atoms with van der Waals surface area (Å²) in [7, 11) is 0. The van der Waals surface area contributed by atoms with Gasteiger partial charge in [0.15, 0.2) is 5.82 Å². The number of nitrogens with zero attached hydrogens (tertiary/aromatic N) is 2. The molecule has 0 spiro atoms. The summed E-state index contributed by atoms with van der Waals surface area (Å²) in [5.74, 6) is 6.55. The predicted octanol–water partition coefficient (Wildman–Crippen LogP) is 1.34. The number of nitrogen functional groups attached to an aromatic ring is 1. The van der Waals surface area contributed by atoms with Gasteiger partial charge in [-0.3, -0.25) is 0 Å². The number of nitrogens with one attached hydrogen (secondary N) is 2. The zero-order chi connectivity index (χ0) is 9.84. The summed E-state index contributed by atoms with van der Waals surface area (Å²) in [5.41, 5.74) is 2.47. The number of nitrogens with two attached hydrogens (primary N) is 1. The first-order chi connectivity index (χ1) is 6.15. The Balaban J connectivity index is 2.94. The molecule has 0 bridgehead atoms. The minimum Gasteiger partial charge on any atom is -0.367 e. The van der Waals surface area contributed by atoms with Crippen molar-refractivity contribution >= 4 is 27.6 Å². The highest BCUT2D eigenvalue weighted by atomic mass is 79.9. The van der Waals surface area contributed by atoms with Crippen molar-refractivity contribution in [3.05, 3.63) is 10.8 Å². The van der Waals surface area contributed by atoms with Crippen LogP contribution in [0.2, 0.25) is 0 Å². The van der Waals surface area contributed by atoms with E-state index >= 15 is 0 Å². The van der Waals surface area contributed by atoms with E-state index in [1.54, 1.807) is 0 Å². The standard InChI is InChI=1S/C7H12BrN5/c1-4(2)12-6-5(8)7(13-9)11-3-10-6/h3-4H,9H2,1-2H3,(H2,10,11,12,13). The molecule has 0 unspecified atom stereocenters. The monoisotopic (exact) mass is 245 g/mol. The lowest BCUT2D eigenvalue weighted by Gasteiger charge is -2.11. The summed E-state index contributed by atoms with van der Waals surface area (Å²) < 4.78 is 0.742. The molecule has 1 aromatic rings. The first kappa shape index (κ1) is 10.2. The van der Waals surface area contributed by atoms with Crippen molar-refractivity contribution in [2.75, 3.05) is 10.7 Å². The molecule has 0 saturated carbocycles. The first-order valence-electron chi connectivity index (χ1n) is 3.88. The fourth-order valence-electron chi connectivity index (χ4n) is 0.845. The van der Waals surface area contributed by atoms with Crippen LogP contribution in [0.1, 0.15) is 13.8 Å². The van der Waals surface area contributed by atoms with E-state index in [4.69, 9.17) is 5.84 Å². The smallest absolute Gasteiger partial charge is 0.159 e. The topological polar surface area (TPSA) is 75.9 Å². The molecule has 0 aromatic carbocycles. The molecule has 1 rings (SSSR count). The molecule has 0 aliphatic carbocycles. The third kappa shape index (κ3) is 2.53. The summed E-state index contributed by atoms with van der Waals surface area (Å²) in [4.78, 5) is 7.99. The zero-order valence-electron chi connectivity index (χ0n) is 7.50. The predicted molar refractivity (Wildman–Crippen MR) is 56.3 cm³/mol. The third-order valence-electron chi connectivity index (χ3n) is 1.35. The lowest BCUT2D eigenvalue weighted by atomic mass is 10.4. The van der Waals surface area contributed by atoms with Gasteiger partial charge in [-0.15, -0.1) is 0 Å². The van der Waals surface area contributed by atoms with Crippen molar-refractivity contribution in [1.82, 2.24) is 9.97 Å². The van der Waals surface area contributed by atoms with Gasteiger partial charge in [-0.25, -0.2) is 15.8 Å². The highest BCUT2D eigenvalue weighted by Crippen LogP contribution is 2.25. The van der Waals surface area contributed by atoms with E-state index < -0.39 is 0 Å². The van der Waals surface area contributed by atoms with Gasteiger partial charge in [-0.2, -0.15) is 0 Å². The summed E-state index contributed by atoms with van der Waals surface area (Å²) in [6.45, 7) is 4.06. The van der Waals surface area contributed by atoms with Gasteiger partial charge in [0.25, 0.3) is 0 Å². The normalized spacial score (nSPS) is 10.2. The number of hydrogen-bond donors (Lipinski definition) is 3. The Morgan fingerprint density at radius 3 is 2.54 bits per heavy atom. The van der Waals surface area contributed by atoms with Crippen LogP contribution in [0.25, 0.3) is 0 Å². The lowest BCUT2D eigenvalue weighted by molar-refractivity contribution is 0.884. The van der Waals surface area contributed by atoms with E-state index in [9.17, 15) is 0 Å². The minimum absolute atomic E-state index is 0.317. The molecule has 5 nitrogen and oxygen atoms in total. The third-order valence-corrected chi connectivity index (χ3v) is 2.10. The Morgan fingerprint density at radius 1 is 1.38 bits per heavy atom. The van der Waals surface area contributed by atoms with Crippen molar-refractivity contribution in [2.45, 2.75) is 19.9 Å². The second kappa shape index (κ2) is 4.38. The Kier molecular flexibility index (Phi) is 3.44. The fourth-order valence-corrected chi connectivity index (χ4v) is 1.28. The maximum Gasteiger partial charge on any atom is 0.159 e. The number of anilines is 2. The Bertz CT molecular complexity index is 288. The van der Waals surface area contributed by atoms with Crippen molar-refractivity contribution in [3.8, 4) is 0 Å². The van der Waals surface area contributed by atoms with Gasteiger partial charge in [0.05, 0.1) is 0 Å². The summed E-state index contributed by atoms with van der Waals surface area (Å²) in [5, 5.41) is 3.15. The molecule has 1 aromatic heterocycles. The molecule has 6 heteroatoms. The van der Waals surface area contributed by atoms with Gasteiger partial charge < -0.3 is 10.7 Å². The van der Waals surface area contributed by atoms with Crippen LogP contribution < -0.4 is 16.6 Å². The first-order valence-corrected chi connectivity index (χ1v) is 4.68. The number of rotatable bonds is 3. The van der Waals surface area contributed by atoms with Crippen molar-refractivity contribution in [2.24, 2.45) is 5.84 Å². The summed E-state index contributed by atoms with van der Waals surface area (Å²) in [6.07, 6.45) is 1.45. The molecular weight excluding hydrogens is 234 g/mol. The Hall–Kier alpha value is -0.880. The quantitative estimate of drug-likeness (QED) is 0.554. The van der Waals surface area contributed by atoms with Crippen LogP contribution in [0, 0.1) is 0 Å². The van der Waals surface area contributed by atoms with Crippen LogP contribution in [0.5, 0.6) is 0 Å². The molecule has 0 saturated heterocycles. The number of hydrogen-bond acceptors (Lipinski definition) is 5. The Labute approximate surface area is 85.2 Å². The molecule has 13 heavy (non-hydrogen) atoms. The van der Waals surface area contributed by atoms with Crippen LogP contribution >= 0.6 is 15.9 Å². The second-order valence-electron chi connectivity index (χ2n) is 2.83. The number of halogens is 1. The van der Waals surface area contributed by atoms with Gasteiger partial charge in [0, 0.05) is 6.04 Å². The molecule has 0 radical (unpaired) electrons. The van der Waals surface area contributed by atoms with E-state index in [0.29, 0.717) is 11.9 Å². The van der Waals surface area contributed by atoms with Crippen LogP contribution in [-0.2, 0) is 0 Å². The van der Waals surface area contributed by atoms with E-state index in [1.807, 2.05) is 13.8 Å².